The maximum absolute atomic E-state index is 5.65. The Kier molecular flexibility index (Phi) is 4.27. The van der Waals surface area contributed by atoms with E-state index >= 15 is 0 Å². The molecule has 0 bridgehead atoms. The summed E-state index contributed by atoms with van der Waals surface area (Å²) in [6.07, 6.45) is 0.972. The minimum Gasteiger partial charge on any atom is -0.324 e. The Morgan fingerprint density at radius 3 is 2.13 bits per heavy atom. The largest absolute Gasteiger partial charge is 0.324 e. The lowest BCUT2D eigenvalue weighted by molar-refractivity contribution is 0.478. The summed E-state index contributed by atoms with van der Waals surface area (Å²) in [7, 11) is 0. The van der Waals surface area contributed by atoms with Crippen molar-refractivity contribution in [2.24, 2.45) is 17.6 Å². The summed E-state index contributed by atoms with van der Waals surface area (Å²) < 4.78 is 2.17. The molecule has 0 unspecified atom stereocenters. The van der Waals surface area contributed by atoms with Crippen LogP contribution < -0.4 is 5.73 Å². The third-order valence-corrected chi connectivity index (χ3v) is 2.23. The zero-order valence-corrected chi connectivity index (χ0v) is 10.2. The van der Waals surface area contributed by atoms with Crippen LogP contribution in [0.15, 0.2) is 0 Å². The van der Waals surface area contributed by atoms with Crippen LogP contribution in [0.3, 0.4) is 0 Å². The number of nitrogens with zero attached hydrogens (tertiary/aromatic N) is 3. The topological polar surface area (TPSA) is 56.7 Å². The van der Waals surface area contributed by atoms with E-state index in [2.05, 4.69) is 42.5 Å². The molecule has 0 aliphatic carbocycles. The molecule has 0 fully saturated rings. The van der Waals surface area contributed by atoms with Gasteiger partial charge in [0.1, 0.15) is 11.6 Å². The quantitative estimate of drug-likeness (QED) is 0.803. The van der Waals surface area contributed by atoms with Crippen LogP contribution in [0.2, 0.25) is 0 Å². The highest BCUT2D eigenvalue weighted by atomic mass is 15.3. The number of aromatic nitrogens is 3. The molecule has 1 aromatic rings. The Hall–Kier alpha value is -0.900. The monoisotopic (exact) mass is 210 g/mol. The molecule has 0 aliphatic heterocycles. The zero-order chi connectivity index (χ0) is 11.4. The molecule has 4 heteroatoms. The van der Waals surface area contributed by atoms with E-state index in [1.807, 2.05) is 0 Å². The van der Waals surface area contributed by atoms with Crippen molar-refractivity contribution in [3.63, 3.8) is 0 Å². The number of hydrogen-bond donors (Lipinski definition) is 1. The molecule has 1 aromatic heterocycles. The van der Waals surface area contributed by atoms with E-state index < -0.39 is 0 Å². The second kappa shape index (κ2) is 5.26. The molecule has 1 rings (SSSR count). The lowest BCUT2D eigenvalue weighted by Crippen LogP contribution is -2.15. The molecule has 1 heterocycles. The Bertz CT molecular complexity index is 302. The maximum Gasteiger partial charge on any atom is 0.146 e. The van der Waals surface area contributed by atoms with Crippen molar-refractivity contribution < 1.29 is 0 Å². The third-order valence-electron chi connectivity index (χ3n) is 2.23. The van der Waals surface area contributed by atoms with E-state index in [1.54, 1.807) is 0 Å². The number of rotatable bonds is 5. The molecule has 0 radical (unpaired) electrons. The van der Waals surface area contributed by atoms with Gasteiger partial charge < -0.3 is 10.3 Å². The average Bonchev–Trinajstić information content (AvgIpc) is 2.47. The molecule has 0 saturated carbocycles. The van der Waals surface area contributed by atoms with Gasteiger partial charge in [0.2, 0.25) is 0 Å². The standard InChI is InChI=1S/C11H22N4/c1-8(2)5-10-13-14-11(6-12)15(10)7-9(3)4/h8-9H,5-7,12H2,1-4H3. The Morgan fingerprint density at radius 2 is 1.67 bits per heavy atom. The van der Waals surface area contributed by atoms with Gasteiger partial charge in [0.25, 0.3) is 0 Å². The highest BCUT2D eigenvalue weighted by Gasteiger charge is 2.12. The van der Waals surface area contributed by atoms with Crippen LogP contribution in [0.1, 0.15) is 39.3 Å². The highest BCUT2D eigenvalue weighted by Crippen LogP contribution is 2.10. The van der Waals surface area contributed by atoms with Crippen LogP contribution in [0.25, 0.3) is 0 Å². The van der Waals surface area contributed by atoms with Crippen molar-refractivity contribution in [3.05, 3.63) is 11.6 Å². The van der Waals surface area contributed by atoms with Crippen LogP contribution in [0.5, 0.6) is 0 Å². The van der Waals surface area contributed by atoms with Gasteiger partial charge in [-0.3, -0.25) is 0 Å². The van der Waals surface area contributed by atoms with Crippen LogP contribution >= 0.6 is 0 Å². The molecule has 0 atom stereocenters. The second-order valence-electron chi connectivity index (χ2n) is 4.84. The Labute approximate surface area is 91.9 Å². The van der Waals surface area contributed by atoms with Crippen molar-refractivity contribution >= 4 is 0 Å². The first-order chi connectivity index (χ1) is 7.04. The molecule has 15 heavy (non-hydrogen) atoms. The molecule has 0 saturated heterocycles. The fourth-order valence-corrected chi connectivity index (χ4v) is 1.62. The van der Waals surface area contributed by atoms with Gasteiger partial charge in [-0.15, -0.1) is 10.2 Å². The number of nitrogens with two attached hydrogens (primary N) is 1. The summed E-state index contributed by atoms with van der Waals surface area (Å²) in [5.74, 6) is 3.17. The fourth-order valence-electron chi connectivity index (χ4n) is 1.62. The van der Waals surface area contributed by atoms with Gasteiger partial charge in [0.15, 0.2) is 0 Å². The van der Waals surface area contributed by atoms with E-state index in [1.165, 1.54) is 0 Å². The molecular formula is C11H22N4. The average molecular weight is 210 g/mol. The van der Waals surface area contributed by atoms with Crippen LogP contribution in [-0.4, -0.2) is 14.8 Å². The normalized spacial score (nSPS) is 11.7. The van der Waals surface area contributed by atoms with E-state index in [0.29, 0.717) is 18.4 Å². The second-order valence-corrected chi connectivity index (χ2v) is 4.84. The fraction of sp³-hybridized carbons (Fsp3) is 0.818. The molecule has 86 valence electrons. The summed E-state index contributed by atoms with van der Waals surface area (Å²) in [5, 5.41) is 8.34. The summed E-state index contributed by atoms with van der Waals surface area (Å²) >= 11 is 0. The SMILES string of the molecule is CC(C)Cc1nnc(CN)n1CC(C)C. The van der Waals surface area contributed by atoms with E-state index in [4.69, 9.17) is 5.73 Å². The molecule has 4 nitrogen and oxygen atoms in total. The molecule has 2 N–H and O–H groups in total. The number of hydrogen-bond acceptors (Lipinski definition) is 3. The van der Waals surface area contributed by atoms with E-state index in [-0.39, 0.29) is 0 Å². The van der Waals surface area contributed by atoms with Crippen molar-refractivity contribution in [1.82, 2.24) is 14.8 Å². The zero-order valence-electron chi connectivity index (χ0n) is 10.2. The van der Waals surface area contributed by atoms with Gasteiger partial charge in [-0.2, -0.15) is 0 Å². The van der Waals surface area contributed by atoms with Crippen LogP contribution in [-0.2, 0) is 19.5 Å². The minimum atomic E-state index is 0.470. The lowest BCUT2D eigenvalue weighted by atomic mass is 10.1. The third kappa shape index (κ3) is 3.30. The van der Waals surface area contributed by atoms with Gasteiger partial charge in [-0.05, 0) is 11.8 Å². The maximum atomic E-state index is 5.65. The molecule has 0 amide bonds. The van der Waals surface area contributed by atoms with Gasteiger partial charge >= 0.3 is 0 Å². The first-order valence-corrected chi connectivity index (χ1v) is 5.65. The van der Waals surface area contributed by atoms with Crippen molar-refractivity contribution in [2.75, 3.05) is 0 Å². The van der Waals surface area contributed by atoms with E-state index in [9.17, 15) is 0 Å². The van der Waals surface area contributed by atoms with Gasteiger partial charge in [-0.25, -0.2) is 0 Å². The van der Waals surface area contributed by atoms with Crippen molar-refractivity contribution in [3.8, 4) is 0 Å². The first-order valence-electron chi connectivity index (χ1n) is 5.65. The Balaban J connectivity index is 2.89. The summed E-state index contributed by atoms with van der Waals surface area (Å²) in [5.41, 5.74) is 5.65. The van der Waals surface area contributed by atoms with Gasteiger partial charge in [0.05, 0.1) is 6.54 Å². The van der Waals surface area contributed by atoms with Crippen LogP contribution in [0, 0.1) is 11.8 Å². The molecule has 0 aliphatic rings. The van der Waals surface area contributed by atoms with Crippen LogP contribution in [0.4, 0.5) is 0 Å². The van der Waals surface area contributed by atoms with Gasteiger partial charge in [0, 0.05) is 13.0 Å². The molecule has 0 spiro atoms. The lowest BCUT2D eigenvalue weighted by Gasteiger charge is -2.12. The predicted octanol–water partition coefficient (Wildman–Crippen LogP) is 1.59. The molecular weight excluding hydrogens is 188 g/mol. The summed E-state index contributed by atoms with van der Waals surface area (Å²) in [4.78, 5) is 0. The summed E-state index contributed by atoms with van der Waals surface area (Å²) in [6.45, 7) is 10.2. The van der Waals surface area contributed by atoms with Crippen molar-refractivity contribution in [2.45, 2.75) is 47.2 Å². The smallest absolute Gasteiger partial charge is 0.146 e. The predicted molar refractivity (Wildman–Crippen MR) is 61.3 cm³/mol. The Morgan fingerprint density at radius 1 is 1.07 bits per heavy atom. The molecule has 0 aromatic carbocycles. The highest BCUT2D eigenvalue weighted by molar-refractivity contribution is 4.96. The minimum absolute atomic E-state index is 0.470. The van der Waals surface area contributed by atoms with Gasteiger partial charge in [-0.1, -0.05) is 27.7 Å². The van der Waals surface area contributed by atoms with E-state index in [0.717, 1.165) is 24.6 Å². The summed E-state index contributed by atoms with van der Waals surface area (Å²) in [6, 6.07) is 0. The van der Waals surface area contributed by atoms with Crippen molar-refractivity contribution in [1.29, 1.82) is 0 Å². The first kappa shape index (κ1) is 12.2.